The lowest BCUT2D eigenvalue weighted by atomic mass is 9.97. The molecule has 7 heteroatoms. The Morgan fingerprint density at radius 3 is 2.78 bits per heavy atom. The summed E-state index contributed by atoms with van der Waals surface area (Å²) >= 11 is 0. The fourth-order valence-corrected chi connectivity index (χ4v) is 2.81. The summed E-state index contributed by atoms with van der Waals surface area (Å²) in [6.45, 7) is 5.29. The predicted octanol–water partition coefficient (Wildman–Crippen LogP) is 0.813. The van der Waals surface area contributed by atoms with Gasteiger partial charge in [0.1, 0.15) is 0 Å². The van der Waals surface area contributed by atoms with E-state index in [9.17, 15) is 4.79 Å². The minimum Gasteiger partial charge on any atom is -0.469 e. The maximum Gasteiger partial charge on any atom is 0.308 e. The van der Waals surface area contributed by atoms with Gasteiger partial charge in [-0.25, -0.2) is 0 Å². The molecule has 1 saturated heterocycles. The van der Waals surface area contributed by atoms with Crippen molar-refractivity contribution in [3.8, 4) is 0 Å². The van der Waals surface area contributed by atoms with Crippen molar-refractivity contribution in [2.24, 2.45) is 18.0 Å². The smallest absolute Gasteiger partial charge is 0.308 e. The Hall–Kier alpha value is -2.05. The van der Waals surface area contributed by atoms with E-state index in [1.54, 1.807) is 0 Å². The number of carbonyl (C=O) groups excluding carboxylic acids is 1. The molecule has 0 aliphatic carbocycles. The van der Waals surface area contributed by atoms with E-state index in [2.05, 4.69) is 22.2 Å². The number of esters is 1. The number of ether oxygens (including phenoxy) is 1. The Bertz CT molecular complexity index is 532. The molecule has 1 fully saturated rings. The van der Waals surface area contributed by atoms with Crippen LogP contribution in [0.1, 0.15) is 25.3 Å². The first kappa shape index (κ1) is 17.3. The second-order valence-electron chi connectivity index (χ2n) is 5.79. The summed E-state index contributed by atoms with van der Waals surface area (Å²) < 4.78 is 6.64. The molecule has 1 aromatic rings. The lowest BCUT2D eigenvalue weighted by Crippen LogP contribution is -2.46. The monoisotopic (exact) mass is 321 g/mol. The Labute approximate surface area is 137 Å². The largest absolute Gasteiger partial charge is 0.469 e. The molecule has 0 saturated carbocycles. The number of carbonyl (C=O) groups is 1. The number of hydrogen-bond donors (Lipinski definition) is 1. The number of nitrogens with one attached hydrogen (secondary N) is 1. The summed E-state index contributed by atoms with van der Waals surface area (Å²) in [6, 6.07) is 0. The van der Waals surface area contributed by atoms with E-state index in [0.717, 1.165) is 51.4 Å². The lowest BCUT2D eigenvalue weighted by Gasteiger charge is -2.33. The van der Waals surface area contributed by atoms with Crippen molar-refractivity contribution >= 4 is 11.9 Å². The number of aliphatic imine (C=N–C) groups is 1. The maximum atomic E-state index is 11.6. The van der Waals surface area contributed by atoms with Crippen molar-refractivity contribution in [3.63, 3.8) is 0 Å². The number of hydrogen-bond acceptors (Lipinski definition) is 4. The predicted molar refractivity (Wildman–Crippen MR) is 89.2 cm³/mol. The van der Waals surface area contributed by atoms with Gasteiger partial charge >= 0.3 is 5.97 Å². The molecular formula is C16H27N5O2. The van der Waals surface area contributed by atoms with Gasteiger partial charge in [-0.1, -0.05) is 0 Å². The number of nitrogens with zero attached hydrogens (tertiary/aromatic N) is 4. The van der Waals surface area contributed by atoms with Crippen molar-refractivity contribution in [3.05, 3.63) is 18.0 Å². The molecule has 0 atom stereocenters. The fraction of sp³-hybridized carbons (Fsp3) is 0.688. The van der Waals surface area contributed by atoms with E-state index in [1.807, 2.05) is 24.1 Å². The second kappa shape index (κ2) is 8.55. The number of aryl methyl sites for hydroxylation is 1. The molecule has 0 bridgehead atoms. The van der Waals surface area contributed by atoms with Gasteiger partial charge in [0.2, 0.25) is 0 Å². The number of aromatic nitrogens is 2. The molecular weight excluding hydrogens is 294 g/mol. The molecule has 0 spiro atoms. The van der Waals surface area contributed by atoms with Crippen LogP contribution in [0.4, 0.5) is 0 Å². The minimum atomic E-state index is -0.0943. The molecule has 0 aromatic carbocycles. The molecule has 2 heterocycles. The van der Waals surface area contributed by atoms with Crippen molar-refractivity contribution in [2.45, 2.75) is 26.2 Å². The molecule has 0 amide bonds. The van der Waals surface area contributed by atoms with Gasteiger partial charge < -0.3 is 15.0 Å². The maximum absolute atomic E-state index is 11.6. The Morgan fingerprint density at radius 1 is 1.48 bits per heavy atom. The Kier molecular flexibility index (Phi) is 6.43. The third-order valence-electron chi connectivity index (χ3n) is 4.08. The average molecular weight is 321 g/mol. The summed E-state index contributed by atoms with van der Waals surface area (Å²) in [4.78, 5) is 18.5. The highest BCUT2D eigenvalue weighted by Crippen LogP contribution is 2.18. The summed E-state index contributed by atoms with van der Waals surface area (Å²) in [5.74, 6) is 0.859. The zero-order valence-corrected chi connectivity index (χ0v) is 14.3. The van der Waals surface area contributed by atoms with Crippen LogP contribution in [0.25, 0.3) is 0 Å². The van der Waals surface area contributed by atoms with Crippen molar-refractivity contribution in [1.29, 1.82) is 0 Å². The highest BCUT2D eigenvalue weighted by Gasteiger charge is 2.26. The quantitative estimate of drug-likeness (QED) is 0.494. The van der Waals surface area contributed by atoms with Crippen LogP contribution in [-0.4, -0.2) is 59.9 Å². The second-order valence-corrected chi connectivity index (χ2v) is 5.79. The third-order valence-corrected chi connectivity index (χ3v) is 4.08. The molecule has 23 heavy (non-hydrogen) atoms. The van der Waals surface area contributed by atoms with Crippen molar-refractivity contribution in [2.75, 3.05) is 33.3 Å². The van der Waals surface area contributed by atoms with Crippen LogP contribution < -0.4 is 5.32 Å². The van der Waals surface area contributed by atoms with Crippen LogP contribution >= 0.6 is 0 Å². The Morgan fingerprint density at radius 2 is 2.22 bits per heavy atom. The number of rotatable bonds is 5. The molecule has 1 aliphatic rings. The van der Waals surface area contributed by atoms with E-state index in [1.165, 1.54) is 12.7 Å². The standard InChI is InChI=1S/C16H27N5O2/c1-4-17-16(18-8-5-13-11-19-20(2)12-13)21-9-6-14(7-10-21)15(22)23-3/h11-12,14H,4-10H2,1-3H3,(H,17,18). The van der Waals surface area contributed by atoms with Gasteiger partial charge in [0.25, 0.3) is 0 Å². The molecule has 1 aromatic heterocycles. The number of piperidine rings is 1. The molecule has 128 valence electrons. The zero-order chi connectivity index (χ0) is 16.7. The Balaban J connectivity index is 1.88. The summed E-state index contributed by atoms with van der Waals surface area (Å²) in [6.07, 6.45) is 6.41. The summed E-state index contributed by atoms with van der Waals surface area (Å²) in [7, 11) is 3.38. The fourth-order valence-electron chi connectivity index (χ4n) is 2.81. The van der Waals surface area contributed by atoms with Crippen LogP contribution in [0, 0.1) is 5.92 Å². The topological polar surface area (TPSA) is 71.8 Å². The van der Waals surface area contributed by atoms with Crippen LogP contribution in [0.2, 0.25) is 0 Å². The van der Waals surface area contributed by atoms with Gasteiger partial charge in [-0.3, -0.25) is 14.5 Å². The van der Waals surface area contributed by atoms with Gasteiger partial charge in [-0.15, -0.1) is 0 Å². The number of likely N-dealkylation sites (tertiary alicyclic amines) is 1. The zero-order valence-electron chi connectivity index (χ0n) is 14.3. The van der Waals surface area contributed by atoms with E-state index in [4.69, 9.17) is 9.73 Å². The molecule has 1 N–H and O–H groups in total. The SMILES string of the molecule is CCNC(=NCCc1cnn(C)c1)N1CCC(C(=O)OC)CC1. The summed E-state index contributed by atoms with van der Waals surface area (Å²) in [5, 5.41) is 7.51. The molecule has 0 radical (unpaired) electrons. The first-order chi connectivity index (χ1) is 11.1. The first-order valence-electron chi connectivity index (χ1n) is 8.22. The van der Waals surface area contributed by atoms with Gasteiger partial charge in [0.05, 0.1) is 19.2 Å². The average Bonchev–Trinajstić information content (AvgIpc) is 2.99. The normalized spacial score (nSPS) is 16.5. The van der Waals surface area contributed by atoms with E-state index >= 15 is 0 Å². The molecule has 0 unspecified atom stereocenters. The van der Waals surface area contributed by atoms with Crippen LogP contribution in [0.5, 0.6) is 0 Å². The molecule has 7 nitrogen and oxygen atoms in total. The van der Waals surface area contributed by atoms with E-state index < -0.39 is 0 Å². The van der Waals surface area contributed by atoms with Gasteiger partial charge in [0.15, 0.2) is 5.96 Å². The molecule has 2 rings (SSSR count). The number of guanidine groups is 1. The van der Waals surface area contributed by atoms with Gasteiger partial charge in [-0.2, -0.15) is 5.10 Å². The van der Waals surface area contributed by atoms with Crippen LogP contribution in [0.15, 0.2) is 17.4 Å². The first-order valence-corrected chi connectivity index (χ1v) is 8.22. The van der Waals surface area contributed by atoms with Gasteiger partial charge in [-0.05, 0) is 31.7 Å². The van der Waals surface area contributed by atoms with E-state index in [0.29, 0.717) is 0 Å². The third kappa shape index (κ3) is 4.97. The van der Waals surface area contributed by atoms with Crippen LogP contribution in [-0.2, 0) is 23.0 Å². The summed E-state index contributed by atoms with van der Waals surface area (Å²) in [5.41, 5.74) is 1.19. The van der Waals surface area contributed by atoms with Crippen molar-refractivity contribution in [1.82, 2.24) is 20.0 Å². The van der Waals surface area contributed by atoms with Gasteiger partial charge in [0, 0.05) is 39.4 Å². The van der Waals surface area contributed by atoms with E-state index in [-0.39, 0.29) is 11.9 Å². The molecule has 1 aliphatic heterocycles. The highest BCUT2D eigenvalue weighted by molar-refractivity contribution is 5.80. The minimum absolute atomic E-state index is 0.0227. The number of methoxy groups -OCH3 is 1. The lowest BCUT2D eigenvalue weighted by molar-refractivity contribution is -0.146. The van der Waals surface area contributed by atoms with Crippen LogP contribution in [0.3, 0.4) is 0 Å². The van der Waals surface area contributed by atoms with Crippen molar-refractivity contribution < 1.29 is 9.53 Å². The highest BCUT2D eigenvalue weighted by atomic mass is 16.5.